The summed E-state index contributed by atoms with van der Waals surface area (Å²) in [6, 6.07) is 14.0. The lowest BCUT2D eigenvalue weighted by Crippen LogP contribution is -2.24. The molecule has 3 rings (SSSR count). The van der Waals surface area contributed by atoms with Crippen LogP contribution in [-0.2, 0) is 11.3 Å². The lowest BCUT2D eigenvalue weighted by Gasteiger charge is -2.12. The van der Waals surface area contributed by atoms with Crippen molar-refractivity contribution in [3.8, 4) is 0 Å². The van der Waals surface area contributed by atoms with E-state index < -0.39 is 0 Å². The van der Waals surface area contributed by atoms with Crippen molar-refractivity contribution in [2.45, 2.75) is 18.1 Å². The molecule has 0 radical (unpaired) electrons. The number of carbonyl (C=O) groups is 1. The topological polar surface area (TPSA) is 84.2 Å². The molecule has 8 heteroatoms. The van der Waals surface area contributed by atoms with Gasteiger partial charge >= 0.3 is 0 Å². The molecule has 0 spiro atoms. The number of nitrogens with zero attached hydrogens (tertiary/aromatic N) is 2. The average Bonchev–Trinajstić information content (AvgIpc) is 2.66. The lowest BCUT2D eigenvalue weighted by atomic mass is 10.2. The Bertz CT molecular complexity index is 1020. The number of aliphatic hydroxyl groups excluding tert-OH is 1. The van der Waals surface area contributed by atoms with Crippen molar-refractivity contribution in [3.05, 3.63) is 63.9 Å². The van der Waals surface area contributed by atoms with Crippen molar-refractivity contribution in [3.63, 3.8) is 0 Å². The fraction of sp³-hybridized carbons (Fsp3) is 0.211. The third kappa shape index (κ3) is 4.88. The summed E-state index contributed by atoms with van der Waals surface area (Å²) < 4.78 is 1.51. The van der Waals surface area contributed by atoms with Gasteiger partial charge in [0.25, 0.3) is 5.56 Å². The molecule has 3 aromatic rings. The average molecular weight is 404 g/mol. The minimum absolute atomic E-state index is 0.0291. The Morgan fingerprint density at radius 1 is 1.22 bits per heavy atom. The van der Waals surface area contributed by atoms with Crippen molar-refractivity contribution in [2.75, 3.05) is 17.7 Å². The highest BCUT2D eigenvalue weighted by atomic mass is 35.5. The molecule has 2 aromatic carbocycles. The summed E-state index contributed by atoms with van der Waals surface area (Å²) in [7, 11) is 0. The number of hydrogen-bond acceptors (Lipinski definition) is 5. The van der Waals surface area contributed by atoms with Crippen LogP contribution in [0.3, 0.4) is 0 Å². The fourth-order valence-electron chi connectivity index (χ4n) is 2.58. The monoisotopic (exact) mass is 403 g/mol. The zero-order chi connectivity index (χ0) is 19.2. The van der Waals surface area contributed by atoms with Gasteiger partial charge in [-0.05, 0) is 36.8 Å². The van der Waals surface area contributed by atoms with E-state index in [1.165, 1.54) is 16.3 Å². The maximum Gasteiger partial charge on any atom is 0.262 e. The van der Waals surface area contributed by atoms with E-state index in [0.717, 1.165) is 0 Å². The molecule has 0 aliphatic heterocycles. The number of aliphatic hydroxyl groups is 1. The van der Waals surface area contributed by atoms with E-state index in [1.807, 2.05) is 6.07 Å². The summed E-state index contributed by atoms with van der Waals surface area (Å²) in [4.78, 5) is 29.5. The third-order valence-electron chi connectivity index (χ3n) is 3.81. The second-order valence-electron chi connectivity index (χ2n) is 5.79. The number of aromatic nitrogens is 2. The first-order chi connectivity index (χ1) is 13.1. The molecule has 140 valence electrons. The van der Waals surface area contributed by atoms with E-state index in [4.69, 9.17) is 16.7 Å². The standard InChI is InChI=1S/C19H18ClN3O3S/c20-13-5-3-6-14(11-13)21-17(25)12-27-19-22-16-8-2-1-7-15(16)18(26)23(19)9-4-10-24/h1-3,5-8,11,24H,4,9-10,12H2,(H,21,25). The van der Waals surface area contributed by atoms with Gasteiger partial charge in [0.05, 0.1) is 16.7 Å². The molecule has 0 bridgehead atoms. The predicted octanol–water partition coefficient (Wildman–Crippen LogP) is 3.16. The molecule has 1 amide bonds. The van der Waals surface area contributed by atoms with E-state index >= 15 is 0 Å². The van der Waals surface area contributed by atoms with Gasteiger partial charge in [-0.3, -0.25) is 14.2 Å². The van der Waals surface area contributed by atoms with Gasteiger partial charge in [-0.2, -0.15) is 0 Å². The number of anilines is 1. The quantitative estimate of drug-likeness (QED) is 0.467. The normalized spacial score (nSPS) is 10.9. The van der Waals surface area contributed by atoms with E-state index in [0.29, 0.717) is 39.7 Å². The molecule has 0 fully saturated rings. The second kappa shape index (κ2) is 9.03. The van der Waals surface area contributed by atoms with Crippen LogP contribution in [0.4, 0.5) is 5.69 Å². The van der Waals surface area contributed by atoms with Crippen molar-refractivity contribution in [2.24, 2.45) is 0 Å². The number of benzene rings is 2. The highest BCUT2D eigenvalue weighted by Gasteiger charge is 2.13. The van der Waals surface area contributed by atoms with E-state index in [-0.39, 0.29) is 23.8 Å². The number of carbonyl (C=O) groups excluding carboxylic acids is 1. The number of hydrogen-bond donors (Lipinski definition) is 2. The minimum Gasteiger partial charge on any atom is -0.396 e. The van der Waals surface area contributed by atoms with Gasteiger partial charge in [-0.1, -0.05) is 41.6 Å². The molecule has 0 saturated carbocycles. The van der Waals surface area contributed by atoms with Crippen molar-refractivity contribution in [1.29, 1.82) is 0 Å². The van der Waals surface area contributed by atoms with E-state index in [1.54, 1.807) is 42.5 Å². The Labute approximate surface area is 165 Å². The number of para-hydroxylation sites is 1. The van der Waals surface area contributed by atoms with Crippen molar-refractivity contribution in [1.82, 2.24) is 9.55 Å². The molecule has 0 aliphatic carbocycles. The smallest absolute Gasteiger partial charge is 0.262 e. The van der Waals surface area contributed by atoms with Crippen LogP contribution in [0.1, 0.15) is 6.42 Å². The van der Waals surface area contributed by atoms with Gasteiger partial charge in [0.15, 0.2) is 5.16 Å². The first-order valence-electron chi connectivity index (χ1n) is 8.37. The van der Waals surface area contributed by atoms with Crippen molar-refractivity contribution >= 4 is 45.9 Å². The number of amides is 1. The van der Waals surface area contributed by atoms with Gasteiger partial charge in [-0.25, -0.2) is 4.98 Å². The second-order valence-corrected chi connectivity index (χ2v) is 7.17. The molecule has 1 aromatic heterocycles. The molecule has 6 nitrogen and oxygen atoms in total. The Balaban J connectivity index is 1.80. The van der Waals surface area contributed by atoms with Crippen LogP contribution in [-0.4, -0.2) is 32.9 Å². The minimum atomic E-state index is -0.224. The maximum absolute atomic E-state index is 12.7. The van der Waals surface area contributed by atoms with Crippen LogP contribution < -0.4 is 10.9 Å². The summed E-state index contributed by atoms with van der Waals surface area (Å²) in [6.07, 6.45) is 0.433. The molecule has 0 atom stereocenters. The first kappa shape index (κ1) is 19.4. The fourth-order valence-corrected chi connectivity index (χ4v) is 3.59. The number of nitrogens with one attached hydrogen (secondary N) is 1. The molecule has 27 heavy (non-hydrogen) atoms. The molecule has 0 saturated heterocycles. The molecular weight excluding hydrogens is 386 g/mol. The number of halogens is 1. The largest absolute Gasteiger partial charge is 0.396 e. The van der Waals surface area contributed by atoms with Crippen LogP contribution in [0.25, 0.3) is 10.9 Å². The zero-order valence-electron chi connectivity index (χ0n) is 14.4. The molecule has 2 N–H and O–H groups in total. The number of thioether (sulfide) groups is 1. The summed E-state index contributed by atoms with van der Waals surface area (Å²) in [5.41, 5.74) is 1.02. The van der Waals surface area contributed by atoms with Crippen LogP contribution in [0.2, 0.25) is 5.02 Å². The summed E-state index contributed by atoms with van der Waals surface area (Å²) in [5.74, 6) is -0.130. The Hall–Kier alpha value is -2.35. The Kier molecular flexibility index (Phi) is 6.49. The van der Waals surface area contributed by atoms with Crippen LogP contribution in [0.5, 0.6) is 0 Å². The predicted molar refractivity (Wildman–Crippen MR) is 109 cm³/mol. The van der Waals surface area contributed by atoms with Gasteiger partial charge in [-0.15, -0.1) is 0 Å². The number of fused-ring (bicyclic) bond motifs is 1. The van der Waals surface area contributed by atoms with E-state index in [9.17, 15) is 9.59 Å². The maximum atomic E-state index is 12.7. The van der Waals surface area contributed by atoms with Crippen molar-refractivity contribution < 1.29 is 9.90 Å². The van der Waals surface area contributed by atoms with Crippen LogP contribution >= 0.6 is 23.4 Å². The third-order valence-corrected chi connectivity index (χ3v) is 5.02. The van der Waals surface area contributed by atoms with Gasteiger partial charge in [0.1, 0.15) is 0 Å². The lowest BCUT2D eigenvalue weighted by molar-refractivity contribution is -0.113. The number of rotatable bonds is 7. The zero-order valence-corrected chi connectivity index (χ0v) is 16.0. The van der Waals surface area contributed by atoms with Crippen LogP contribution in [0, 0.1) is 0 Å². The molecule has 0 aliphatic rings. The highest BCUT2D eigenvalue weighted by molar-refractivity contribution is 7.99. The molecule has 1 heterocycles. The van der Waals surface area contributed by atoms with Gasteiger partial charge in [0.2, 0.25) is 5.91 Å². The SMILES string of the molecule is O=C(CSc1nc2ccccc2c(=O)n1CCCO)Nc1cccc(Cl)c1. The van der Waals surface area contributed by atoms with E-state index in [2.05, 4.69) is 10.3 Å². The molecular formula is C19H18ClN3O3S. The molecule has 0 unspecified atom stereocenters. The van der Waals surface area contributed by atoms with Crippen LogP contribution in [0.15, 0.2) is 58.5 Å². The summed E-state index contributed by atoms with van der Waals surface area (Å²) in [6.45, 7) is 0.310. The highest BCUT2D eigenvalue weighted by Crippen LogP contribution is 2.19. The Morgan fingerprint density at radius 2 is 2.04 bits per heavy atom. The van der Waals surface area contributed by atoms with Gasteiger partial charge in [0, 0.05) is 23.9 Å². The first-order valence-corrected chi connectivity index (χ1v) is 9.73. The summed E-state index contributed by atoms with van der Waals surface area (Å²) in [5, 5.41) is 13.4. The van der Waals surface area contributed by atoms with Gasteiger partial charge < -0.3 is 10.4 Å². The summed E-state index contributed by atoms with van der Waals surface area (Å²) >= 11 is 7.10. The Morgan fingerprint density at radius 3 is 2.81 bits per heavy atom.